The minimum atomic E-state index is -0.198. The van der Waals surface area contributed by atoms with E-state index >= 15 is 0 Å². The van der Waals surface area contributed by atoms with Gasteiger partial charge < -0.3 is 4.74 Å². The second kappa shape index (κ2) is 5.59. The molecule has 18 heavy (non-hydrogen) atoms. The largest absolute Gasteiger partial charge is 0.496 e. The topological polar surface area (TPSA) is 26.3 Å². The first kappa shape index (κ1) is 13.8. The number of halogens is 1. The monoisotopic (exact) mass is 358 g/mol. The molecule has 0 aliphatic heterocycles. The molecule has 0 spiro atoms. The molecule has 0 radical (unpaired) electrons. The number of methoxy groups -OCH3 is 1. The Morgan fingerprint density at radius 1 is 1.28 bits per heavy atom. The van der Waals surface area contributed by atoms with Crippen LogP contribution in [-0.2, 0) is 0 Å². The molecule has 0 atom stereocenters. The first-order valence-electron chi connectivity index (χ1n) is 6.45. The highest BCUT2D eigenvalue weighted by molar-refractivity contribution is 14.1. The van der Waals surface area contributed by atoms with Gasteiger partial charge in [-0.2, -0.15) is 0 Å². The molecule has 1 fully saturated rings. The van der Waals surface area contributed by atoms with Crippen molar-refractivity contribution in [1.29, 1.82) is 0 Å². The van der Waals surface area contributed by atoms with Crippen molar-refractivity contribution in [3.8, 4) is 5.75 Å². The highest BCUT2D eigenvalue weighted by Crippen LogP contribution is 2.40. The van der Waals surface area contributed by atoms with Gasteiger partial charge in [0, 0.05) is 8.99 Å². The van der Waals surface area contributed by atoms with Crippen molar-refractivity contribution in [1.82, 2.24) is 0 Å². The molecule has 1 aliphatic rings. The quantitative estimate of drug-likeness (QED) is 0.589. The Morgan fingerprint density at radius 2 is 1.94 bits per heavy atom. The maximum atomic E-state index is 12.8. The van der Waals surface area contributed by atoms with Crippen LogP contribution in [0.5, 0.6) is 5.75 Å². The van der Waals surface area contributed by atoms with Gasteiger partial charge in [-0.1, -0.05) is 26.2 Å². The molecule has 0 heterocycles. The van der Waals surface area contributed by atoms with E-state index in [9.17, 15) is 4.79 Å². The zero-order valence-electron chi connectivity index (χ0n) is 11.0. The van der Waals surface area contributed by atoms with E-state index in [1.165, 1.54) is 6.42 Å². The van der Waals surface area contributed by atoms with Crippen LogP contribution >= 0.6 is 22.6 Å². The molecule has 0 N–H and O–H groups in total. The maximum Gasteiger partial charge on any atom is 0.172 e. The summed E-state index contributed by atoms with van der Waals surface area (Å²) in [5.41, 5.74) is 0.546. The summed E-state index contributed by atoms with van der Waals surface area (Å²) in [6, 6.07) is 5.81. The number of ketones is 1. The van der Waals surface area contributed by atoms with Gasteiger partial charge in [0.1, 0.15) is 5.75 Å². The van der Waals surface area contributed by atoms with E-state index in [0.29, 0.717) is 5.75 Å². The molecule has 0 bridgehead atoms. The Bertz CT molecular complexity index is 448. The fourth-order valence-corrected chi connectivity index (χ4v) is 3.23. The lowest BCUT2D eigenvalue weighted by atomic mass is 9.71. The Labute approximate surface area is 122 Å². The Hall–Kier alpha value is -0.580. The van der Waals surface area contributed by atoms with Gasteiger partial charge in [0.2, 0.25) is 0 Å². The number of carbonyl (C=O) groups is 1. The summed E-state index contributed by atoms with van der Waals surface area (Å²) >= 11 is 2.24. The minimum absolute atomic E-state index is 0.198. The zero-order chi connectivity index (χ0) is 13.2. The van der Waals surface area contributed by atoms with Crippen molar-refractivity contribution in [2.45, 2.75) is 39.0 Å². The van der Waals surface area contributed by atoms with Crippen LogP contribution in [-0.4, -0.2) is 12.9 Å². The third-order valence-electron chi connectivity index (χ3n) is 3.91. The van der Waals surface area contributed by atoms with Crippen molar-refractivity contribution in [3.05, 3.63) is 27.3 Å². The number of rotatable bonds is 3. The van der Waals surface area contributed by atoms with Gasteiger partial charge in [-0.15, -0.1) is 0 Å². The normalized spacial score (nSPS) is 18.4. The number of ether oxygens (including phenoxy) is 1. The first-order chi connectivity index (χ1) is 8.57. The summed E-state index contributed by atoms with van der Waals surface area (Å²) in [6.45, 7) is 2.10. The highest BCUT2D eigenvalue weighted by atomic mass is 127. The number of carbonyl (C=O) groups excluding carboxylic acids is 1. The van der Waals surface area contributed by atoms with Crippen LogP contribution in [0, 0.1) is 8.99 Å². The summed E-state index contributed by atoms with van der Waals surface area (Å²) in [5.74, 6) is 0.949. The van der Waals surface area contributed by atoms with E-state index in [4.69, 9.17) is 4.74 Å². The van der Waals surface area contributed by atoms with Gasteiger partial charge in [-0.25, -0.2) is 0 Å². The maximum absolute atomic E-state index is 12.8. The fourth-order valence-electron chi connectivity index (χ4n) is 2.74. The average Bonchev–Trinajstić information content (AvgIpc) is 2.38. The van der Waals surface area contributed by atoms with Crippen molar-refractivity contribution in [3.63, 3.8) is 0 Å². The lowest BCUT2D eigenvalue weighted by molar-refractivity contribution is 0.0746. The van der Waals surface area contributed by atoms with Gasteiger partial charge in [0.15, 0.2) is 5.78 Å². The van der Waals surface area contributed by atoms with Gasteiger partial charge in [0.25, 0.3) is 0 Å². The molecular formula is C15H19IO2. The van der Waals surface area contributed by atoms with Crippen molar-refractivity contribution >= 4 is 28.4 Å². The molecule has 3 heteroatoms. The Balaban J connectivity index is 2.35. The third kappa shape index (κ3) is 2.71. The van der Waals surface area contributed by atoms with Crippen LogP contribution in [0.25, 0.3) is 0 Å². The molecule has 0 saturated heterocycles. The SMILES string of the molecule is COc1ccc(I)cc1C(=O)C1(C)CCCCC1. The lowest BCUT2D eigenvalue weighted by Crippen LogP contribution is -2.30. The van der Waals surface area contributed by atoms with Crippen LogP contribution in [0.4, 0.5) is 0 Å². The summed E-state index contributed by atoms with van der Waals surface area (Å²) in [6.07, 6.45) is 5.58. The average molecular weight is 358 g/mol. The van der Waals surface area contributed by atoms with Crippen LogP contribution in [0.3, 0.4) is 0 Å². The van der Waals surface area contributed by atoms with E-state index in [-0.39, 0.29) is 11.2 Å². The molecule has 2 rings (SSSR count). The highest BCUT2D eigenvalue weighted by Gasteiger charge is 2.36. The van der Waals surface area contributed by atoms with Crippen LogP contribution < -0.4 is 4.74 Å². The fraction of sp³-hybridized carbons (Fsp3) is 0.533. The second-order valence-electron chi connectivity index (χ2n) is 5.30. The van der Waals surface area contributed by atoms with Crippen molar-refractivity contribution in [2.75, 3.05) is 7.11 Å². The van der Waals surface area contributed by atoms with E-state index < -0.39 is 0 Å². The third-order valence-corrected chi connectivity index (χ3v) is 4.58. The smallest absolute Gasteiger partial charge is 0.172 e. The molecule has 1 aromatic rings. The number of Topliss-reactive ketones (excluding diaryl/α,β-unsaturated/α-hetero) is 1. The van der Waals surface area contributed by atoms with Crippen molar-refractivity contribution < 1.29 is 9.53 Å². The molecule has 98 valence electrons. The summed E-state index contributed by atoms with van der Waals surface area (Å²) in [5, 5.41) is 0. The van der Waals surface area contributed by atoms with Crippen molar-refractivity contribution in [2.24, 2.45) is 5.41 Å². The van der Waals surface area contributed by atoms with Gasteiger partial charge in [-0.3, -0.25) is 4.79 Å². The molecule has 0 amide bonds. The lowest BCUT2D eigenvalue weighted by Gasteiger charge is -2.32. The molecule has 2 nitrogen and oxygen atoms in total. The van der Waals surface area contributed by atoms with Crippen LogP contribution in [0.2, 0.25) is 0 Å². The molecule has 1 saturated carbocycles. The second-order valence-corrected chi connectivity index (χ2v) is 6.54. The molecule has 1 aliphatic carbocycles. The summed E-state index contributed by atoms with van der Waals surface area (Å²) in [7, 11) is 1.63. The van der Waals surface area contributed by atoms with Crippen LogP contribution in [0.1, 0.15) is 49.4 Å². The first-order valence-corrected chi connectivity index (χ1v) is 7.53. The van der Waals surface area contributed by atoms with Gasteiger partial charge in [0.05, 0.1) is 12.7 Å². The summed E-state index contributed by atoms with van der Waals surface area (Å²) in [4.78, 5) is 12.8. The van der Waals surface area contributed by atoms with E-state index in [0.717, 1.165) is 34.8 Å². The Kier molecular flexibility index (Phi) is 4.30. The molecule has 1 aromatic carbocycles. The van der Waals surface area contributed by atoms with E-state index in [1.54, 1.807) is 7.11 Å². The predicted octanol–water partition coefficient (Wildman–Crippen LogP) is 4.45. The summed E-state index contributed by atoms with van der Waals surface area (Å²) < 4.78 is 6.41. The Morgan fingerprint density at radius 3 is 2.56 bits per heavy atom. The van der Waals surface area contributed by atoms with Gasteiger partial charge in [-0.05, 0) is 53.6 Å². The number of hydrogen-bond donors (Lipinski definition) is 0. The van der Waals surface area contributed by atoms with Gasteiger partial charge >= 0.3 is 0 Å². The van der Waals surface area contributed by atoms with Crippen LogP contribution in [0.15, 0.2) is 18.2 Å². The number of benzene rings is 1. The minimum Gasteiger partial charge on any atom is -0.496 e. The predicted molar refractivity (Wildman–Crippen MR) is 81.2 cm³/mol. The molecular weight excluding hydrogens is 339 g/mol. The zero-order valence-corrected chi connectivity index (χ0v) is 13.1. The molecule has 0 unspecified atom stereocenters. The number of hydrogen-bond acceptors (Lipinski definition) is 2. The van der Waals surface area contributed by atoms with E-state index in [1.807, 2.05) is 18.2 Å². The molecule has 0 aromatic heterocycles. The van der Waals surface area contributed by atoms with E-state index in [2.05, 4.69) is 29.5 Å². The standard InChI is InChI=1S/C15H19IO2/c1-15(8-4-3-5-9-15)14(17)12-10-11(16)6-7-13(12)18-2/h6-7,10H,3-5,8-9H2,1-2H3.